The van der Waals surface area contributed by atoms with Crippen LogP contribution in [-0.2, 0) is 14.1 Å². The molecule has 0 aromatic heterocycles. The van der Waals surface area contributed by atoms with Gasteiger partial charge in [0, 0.05) is 12.3 Å². The predicted octanol–water partition coefficient (Wildman–Crippen LogP) is 2.01. The number of carbonyl (C=O) groups is 1. The summed E-state index contributed by atoms with van der Waals surface area (Å²) in [5.74, 6) is 0.495. The molecular formula is C15H22BNO3. The van der Waals surface area contributed by atoms with E-state index in [1.165, 1.54) is 0 Å². The Balaban J connectivity index is 1.77. The number of nitrogens with one attached hydrogen (secondary N) is 1. The molecule has 2 unspecified atom stereocenters. The Morgan fingerprint density at radius 3 is 2.55 bits per heavy atom. The van der Waals surface area contributed by atoms with Crippen molar-refractivity contribution in [3.63, 3.8) is 0 Å². The van der Waals surface area contributed by atoms with E-state index in [0.29, 0.717) is 12.3 Å². The average molecular weight is 275 g/mol. The van der Waals surface area contributed by atoms with Crippen LogP contribution in [0.2, 0.25) is 0 Å². The first kappa shape index (κ1) is 13.9. The van der Waals surface area contributed by atoms with E-state index >= 15 is 0 Å². The van der Waals surface area contributed by atoms with Crippen molar-refractivity contribution >= 4 is 13.0 Å². The summed E-state index contributed by atoms with van der Waals surface area (Å²) in [4.78, 5) is 11.4. The van der Waals surface area contributed by atoms with Gasteiger partial charge in [-0.15, -0.1) is 0 Å². The van der Waals surface area contributed by atoms with Crippen LogP contribution in [0.25, 0.3) is 0 Å². The maximum absolute atomic E-state index is 11.4. The Morgan fingerprint density at radius 2 is 1.90 bits per heavy atom. The van der Waals surface area contributed by atoms with Crippen LogP contribution in [-0.4, -0.2) is 30.3 Å². The Labute approximate surface area is 120 Å². The van der Waals surface area contributed by atoms with E-state index in [2.05, 4.69) is 45.2 Å². The summed E-state index contributed by atoms with van der Waals surface area (Å²) in [5.41, 5.74) is 0.439. The molecule has 1 amide bonds. The minimum Gasteiger partial charge on any atom is -0.399 e. The Morgan fingerprint density at radius 1 is 1.25 bits per heavy atom. The highest BCUT2D eigenvalue weighted by molar-refractivity contribution is 6.55. The molecule has 0 radical (unpaired) electrons. The highest BCUT2D eigenvalue weighted by atomic mass is 16.7. The lowest BCUT2D eigenvalue weighted by atomic mass is 9.71. The lowest BCUT2D eigenvalue weighted by molar-refractivity contribution is -0.123. The molecule has 2 heterocycles. The van der Waals surface area contributed by atoms with Gasteiger partial charge in [-0.05, 0) is 39.6 Å². The monoisotopic (exact) mass is 275 g/mol. The van der Waals surface area contributed by atoms with Crippen molar-refractivity contribution in [1.29, 1.82) is 0 Å². The molecule has 2 fully saturated rings. The molecule has 108 valence electrons. The number of amides is 1. The summed E-state index contributed by atoms with van der Waals surface area (Å²) in [6.07, 6.45) is 7.77. The van der Waals surface area contributed by atoms with Crippen LogP contribution >= 0.6 is 0 Å². The third-order valence-corrected chi connectivity index (χ3v) is 4.92. The molecule has 0 spiro atoms. The maximum Gasteiger partial charge on any atom is 0.494 e. The number of carbonyl (C=O) groups excluding carboxylic acids is 1. The number of piperidine rings is 1. The van der Waals surface area contributed by atoms with Crippen molar-refractivity contribution < 1.29 is 14.1 Å². The van der Waals surface area contributed by atoms with Gasteiger partial charge in [-0.2, -0.15) is 0 Å². The topological polar surface area (TPSA) is 47.6 Å². The van der Waals surface area contributed by atoms with Gasteiger partial charge in [0.1, 0.15) is 0 Å². The minimum atomic E-state index is -0.315. The maximum atomic E-state index is 11.4. The van der Waals surface area contributed by atoms with E-state index in [4.69, 9.17) is 9.31 Å². The van der Waals surface area contributed by atoms with Gasteiger partial charge < -0.3 is 14.6 Å². The van der Waals surface area contributed by atoms with E-state index in [0.717, 1.165) is 11.9 Å². The van der Waals surface area contributed by atoms with Crippen LogP contribution in [0.15, 0.2) is 23.7 Å². The molecule has 0 aromatic rings. The van der Waals surface area contributed by atoms with E-state index in [-0.39, 0.29) is 30.3 Å². The van der Waals surface area contributed by atoms with Gasteiger partial charge in [0.2, 0.25) is 5.91 Å². The molecule has 2 saturated heterocycles. The largest absolute Gasteiger partial charge is 0.494 e. The summed E-state index contributed by atoms with van der Waals surface area (Å²) in [7, 11) is -0.310. The minimum absolute atomic E-state index is 0.127. The first-order chi connectivity index (χ1) is 9.28. The average Bonchev–Trinajstić information content (AvgIpc) is 2.58. The van der Waals surface area contributed by atoms with Crippen molar-refractivity contribution in [2.75, 3.05) is 0 Å². The zero-order valence-electron chi connectivity index (χ0n) is 12.6. The molecular weight excluding hydrogens is 253 g/mol. The van der Waals surface area contributed by atoms with Gasteiger partial charge in [-0.25, -0.2) is 0 Å². The van der Waals surface area contributed by atoms with Gasteiger partial charge in [0.05, 0.1) is 17.2 Å². The number of allylic oxidation sites excluding steroid dienone is 2. The number of hydrogen-bond acceptors (Lipinski definition) is 3. The first-order valence-corrected chi connectivity index (χ1v) is 7.33. The Hall–Kier alpha value is -1.07. The van der Waals surface area contributed by atoms with Crippen molar-refractivity contribution in [2.45, 2.75) is 57.8 Å². The Bertz CT molecular complexity index is 479. The van der Waals surface area contributed by atoms with E-state index < -0.39 is 0 Å². The van der Waals surface area contributed by atoms with Crippen LogP contribution in [0.5, 0.6) is 0 Å². The third-order valence-electron chi connectivity index (χ3n) is 4.92. The normalized spacial score (nSPS) is 34.5. The predicted molar refractivity (Wildman–Crippen MR) is 78.0 cm³/mol. The van der Waals surface area contributed by atoms with E-state index in [9.17, 15) is 4.79 Å². The number of rotatable bonds is 1. The van der Waals surface area contributed by atoms with Crippen molar-refractivity contribution in [3.05, 3.63) is 23.7 Å². The molecule has 5 heteroatoms. The summed E-state index contributed by atoms with van der Waals surface area (Å²) in [6.45, 7) is 8.24. The fraction of sp³-hybridized carbons (Fsp3) is 0.667. The molecule has 1 N–H and O–H groups in total. The summed E-state index contributed by atoms with van der Waals surface area (Å²) < 4.78 is 12.2. The lowest BCUT2D eigenvalue weighted by Crippen LogP contribution is -2.44. The van der Waals surface area contributed by atoms with Gasteiger partial charge in [-0.1, -0.05) is 18.2 Å². The molecule has 20 heavy (non-hydrogen) atoms. The van der Waals surface area contributed by atoms with E-state index in [1.807, 2.05) is 6.08 Å². The second-order valence-electron chi connectivity index (χ2n) is 6.91. The number of hydrogen-bond donors (Lipinski definition) is 1. The quantitative estimate of drug-likeness (QED) is 0.745. The third kappa shape index (κ3) is 2.23. The highest BCUT2D eigenvalue weighted by Crippen LogP contribution is 2.40. The second kappa shape index (κ2) is 4.47. The summed E-state index contributed by atoms with van der Waals surface area (Å²) in [6, 6.07) is 0.127. The molecule has 3 rings (SSSR count). The molecule has 0 bridgehead atoms. The standard InChI is InChI=1S/C15H22BNO3/c1-14(2)15(3,4)20-16(19-14)11-6-7-12-10(9-11)5-8-13(18)17-12/h6-7,9-10,12H,5,8H2,1-4H3,(H,17,18). The van der Waals surface area contributed by atoms with Gasteiger partial charge in [-0.3, -0.25) is 4.79 Å². The fourth-order valence-corrected chi connectivity index (χ4v) is 2.87. The molecule has 4 nitrogen and oxygen atoms in total. The molecule has 2 aliphatic heterocycles. The van der Waals surface area contributed by atoms with Crippen LogP contribution in [0.3, 0.4) is 0 Å². The lowest BCUT2D eigenvalue weighted by Gasteiger charge is -2.32. The number of fused-ring (bicyclic) bond motifs is 1. The summed E-state index contributed by atoms with van der Waals surface area (Å²) in [5, 5.41) is 3.01. The molecule has 3 aliphatic rings. The second-order valence-corrected chi connectivity index (χ2v) is 6.91. The van der Waals surface area contributed by atoms with Gasteiger partial charge in [0.25, 0.3) is 0 Å². The van der Waals surface area contributed by atoms with Crippen molar-refractivity contribution in [1.82, 2.24) is 5.32 Å². The SMILES string of the molecule is CC1(C)OB(C2=CC3CCC(=O)NC3C=C2)OC1(C)C. The van der Waals surface area contributed by atoms with Crippen LogP contribution < -0.4 is 5.32 Å². The van der Waals surface area contributed by atoms with Crippen molar-refractivity contribution in [3.8, 4) is 0 Å². The molecule has 0 saturated carbocycles. The van der Waals surface area contributed by atoms with Crippen molar-refractivity contribution in [2.24, 2.45) is 5.92 Å². The zero-order valence-corrected chi connectivity index (χ0v) is 12.6. The molecule has 2 atom stereocenters. The van der Waals surface area contributed by atoms with Crippen LogP contribution in [0, 0.1) is 5.92 Å². The first-order valence-electron chi connectivity index (χ1n) is 7.33. The van der Waals surface area contributed by atoms with Crippen LogP contribution in [0.4, 0.5) is 0 Å². The highest BCUT2D eigenvalue weighted by Gasteiger charge is 2.52. The molecule has 0 aromatic carbocycles. The van der Waals surface area contributed by atoms with Crippen LogP contribution in [0.1, 0.15) is 40.5 Å². The van der Waals surface area contributed by atoms with Gasteiger partial charge in [0.15, 0.2) is 0 Å². The zero-order chi connectivity index (χ0) is 14.5. The Kier molecular flexibility index (Phi) is 3.10. The van der Waals surface area contributed by atoms with Gasteiger partial charge >= 0.3 is 7.12 Å². The van der Waals surface area contributed by atoms with E-state index in [1.54, 1.807) is 0 Å². The summed E-state index contributed by atoms with van der Waals surface area (Å²) >= 11 is 0. The molecule has 1 aliphatic carbocycles. The smallest absolute Gasteiger partial charge is 0.399 e. The fourth-order valence-electron chi connectivity index (χ4n) is 2.87.